The van der Waals surface area contributed by atoms with Crippen LogP contribution in [-0.4, -0.2) is 74.3 Å². The first-order valence-electron chi connectivity index (χ1n) is 32.3. The molecule has 2 N–H and O–H groups in total. The minimum absolute atomic E-state index is 0.0345. The molecule has 0 saturated heterocycles. The Bertz CT molecular complexity index is 1550. The summed E-state index contributed by atoms with van der Waals surface area (Å²) in [5, 5.41) is 3.04. The number of likely N-dealkylation sites (N-methyl/N-ethyl adjacent to an activating group) is 1. The fourth-order valence-corrected chi connectivity index (χ4v) is 9.94. The van der Waals surface area contributed by atoms with Gasteiger partial charge in [0, 0.05) is 12.8 Å². The molecule has 0 heterocycles. The van der Waals surface area contributed by atoms with Gasteiger partial charge in [-0.3, -0.25) is 18.6 Å². The lowest BCUT2D eigenvalue weighted by atomic mass is 10.0. The molecule has 0 aromatic carbocycles. The Morgan fingerprint density at radius 2 is 0.883 bits per heavy atom. The van der Waals surface area contributed by atoms with Crippen LogP contribution in [0.5, 0.6) is 0 Å². The topological polar surface area (TPSA) is 111 Å². The van der Waals surface area contributed by atoms with Crippen molar-refractivity contribution in [2.75, 3.05) is 40.9 Å². The number of carbonyl (C=O) groups is 2. The van der Waals surface area contributed by atoms with Crippen molar-refractivity contribution in [3.8, 4) is 0 Å². The molecule has 0 aromatic rings. The molecule has 1 amide bonds. The lowest BCUT2D eigenvalue weighted by molar-refractivity contribution is -0.870. The number of ether oxygens (including phenoxy) is 1. The number of hydrogen-bond donors (Lipinski definition) is 2. The van der Waals surface area contributed by atoms with Crippen molar-refractivity contribution >= 4 is 19.7 Å². The summed E-state index contributed by atoms with van der Waals surface area (Å²) >= 11 is 0. The maximum Gasteiger partial charge on any atom is 0.472 e. The highest BCUT2D eigenvalue weighted by atomic mass is 31.2. The van der Waals surface area contributed by atoms with E-state index in [0.29, 0.717) is 17.4 Å². The molecule has 0 radical (unpaired) electrons. The Morgan fingerprint density at radius 3 is 1.36 bits per heavy atom. The number of nitrogens with zero attached hydrogens (tertiary/aromatic N) is 1. The van der Waals surface area contributed by atoms with Crippen molar-refractivity contribution in [3.05, 3.63) is 72.9 Å². The van der Waals surface area contributed by atoms with E-state index in [9.17, 15) is 19.0 Å². The smallest absolute Gasteiger partial charge is 0.456 e. The van der Waals surface area contributed by atoms with Crippen LogP contribution in [0, 0.1) is 0 Å². The van der Waals surface area contributed by atoms with Gasteiger partial charge in [0.25, 0.3) is 0 Å². The average molecular weight is 1100 g/mol. The molecule has 3 atom stereocenters. The van der Waals surface area contributed by atoms with E-state index in [4.69, 9.17) is 13.8 Å². The number of carbonyl (C=O) groups excluding carboxylic acids is 2. The zero-order valence-corrected chi connectivity index (χ0v) is 52.1. The SMILES string of the molecule is CC/C=C/C=C/C=C\CCCCCCCC(=O)NC(COP(=O)(O)OCC[N+](C)(C)C)C(/C=C\CCCCCCCCCCCCC)OC(=O)CCCCCCCCCCCCCCCCC/C=C\C/C=C\CCCCC. The second kappa shape index (κ2) is 56.7. The van der Waals surface area contributed by atoms with E-state index in [1.165, 1.54) is 167 Å². The number of unbranched alkanes of at least 4 members (excludes halogenated alkanes) is 34. The first-order chi connectivity index (χ1) is 37.4. The van der Waals surface area contributed by atoms with Crippen molar-refractivity contribution in [3.63, 3.8) is 0 Å². The Morgan fingerprint density at radius 1 is 0.481 bits per heavy atom. The number of amides is 1. The highest BCUT2D eigenvalue weighted by Crippen LogP contribution is 2.43. The number of quaternary nitrogens is 1. The Kier molecular flexibility index (Phi) is 54.8. The lowest BCUT2D eigenvalue weighted by Gasteiger charge is -2.27. The maximum absolute atomic E-state index is 13.5. The van der Waals surface area contributed by atoms with Gasteiger partial charge in [-0.05, 0) is 83.1 Å². The van der Waals surface area contributed by atoms with Crippen LogP contribution in [0.25, 0.3) is 0 Å². The van der Waals surface area contributed by atoms with Gasteiger partial charge >= 0.3 is 13.8 Å². The monoisotopic (exact) mass is 1100 g/mol. The van der Waals surface area contributed by atoms with Gasteiger partial charge in [-0.25, -0.2) is 4.57 Å². The summed E-state index contributed by atoms with van der Waals surface area (Å²) in [5.41, 5.74) is 0. The van der Waals surface area contributed by atoms with Gasteiger partial charge in [-0.15, -0.1) is 0 Å². The van der Waals surface area contributed by atoms with E-state index in [2.05, 4.69) is 86.8 Å². The molecule has 10 heteroatoms. The van der Waals surface area contributed by atoms with Gasteiger partial charge in [0.2, 0.25) is 5.91 Å². The van der Waals surface area contributed by atoms with Crippen LogP contribution >= 0.6 is 7.82 Å². The predicted molar refractivity (Wildman–Crippen MR) is 332 cm³/mol. The second-order valence-corrected chi connectivity index (χ2v) is 24.4. The summed E-state index contributed by atoms with van der Waals surface area (Å²) in [6, 6.07) is -0.860. The maximum atomic E-state index is 13.5. The molecule has 448 valence electrons. The zero-order chi connectivity index (χ0) is 56.4. The van der Waals surface area contributed by atoms with E-state index in [1.54, 1.807) is 0 Å². The van der Waals surface area contributed by atoms with E-state index in [0.717, 1.165) is 89.9 Å². The Hall–Kier alpha value is -2.55. The molecule has 0 aliphatic rings. The third-order valence-electron chi connectivity index (χ3n) is 14.2. The highest BCUT2D eigenvalue weighted by Gasteiger charge is 2.30. The first kappa shape index (κ1) is 74.5. The molecular weight excluding hydrogens is 976 g/mol. The Labute approximate surface area is 476 Å². The third kappa shape index (κ3) is 57.9. The fraction of sp³-hybridized carbons (Fsp3) is 0.791. The van der Waals surface area contributed by atoms with E-state index >= 15 is 0 Å². The summed E-state index contributed by atoms with van der Waals surface area (Å²) in [6.45, 7) is 6.86. The van der Waals surface area contributed by atoms with E-state index < -0.39 is 20.0 Å². The first-order valence-corrected chi connectivity index (χ1v) is 33.8. The molecule has 0 spiro atoms. The Balaban J connectivity index is 5.11. The van der Waals surface area contributed by atoms with Crippen molar-refractivity contribution in [2.45, 2.75) is 303 Å². The number of esters is 1. The van der Waals surface area contributed by atoms with Crippen molar-refractivity contribution < 1.29 is 37.3 Å². The molecule has 0 rings (SSSR count). The largest absolute Gasteiger partial charge is 0.472 e. The van der Waals surface area contributed by atoms with Gasteiger partial charge in [0.1, 0.15) is 19.3 Å². The predicted octanol–water partition coefficient (Wildman–Crippen LogP) is 20.0. The minimum atomic E-state index is -4.46. The molecule has 3 unspecified atom stereocenters. The van der Waals surface area contributed by atoms with E-state index in [1.807, 2.05) is 33.3 Å². The summed E-state index contributed by atoms with van der Waals surface area (Å²) in [7, 11) is 1.48. The molecule has 0 saturated carbocycles. The van der Waals surface area contributed by atoms with Crippen molar-refractivity contribution in [1.29, 1.82) is 0 Å². The van der Waals surface area contributed by atoms with Crippen LogP contribution in [0.3, 0.4) is 0 Å². The normalized spacial score (nSPS) is 14.1. The number of rotatable bonds is 58. The summed E-state index contributed by atoms with van der Waals surface area (Å²) in [6.07, 6.45) is 73.4. The van der Waals surface area contributed by atoms with Crippen LogP contribution in [0.2, 0.25) is 0 Å². The van der Waals surface area contributed by atoms with E-state index in [-0.39, 0.29) is 31.5 Å². The molecular formula is C67H124N2O7P+. The van der Waals surface area contributed by atoms with Gasteiger partial charge in [-0.1, -0.05) is 267 Å². The van der Waals surface area contributed by atoms with Crippen LogP contribution in [-0.2, 0) is 27.9 Å². The van der Waals surface area contributed by atoms with Crippen molar-refractivity contribution in [1.82, 2.24) is 5.32 Å². The molecule has 0 aliphatic heterocycles. The lowest BCUT2D eigenvalue weighted by Crippen LogP contribution is -2.47. The van der Waals surface area contributed by atoms with Gasteiger partial charge < -0.3 is 19.4 Å². The van der Waals surface area contributed by atoms with Crippen LogP contribution < -0.4 is 5.32 Å². The molecule has 0 fully saturated rings. The summed E-state index contributed by atoms with van der Waals surface area (Å²) < 4.78 is 30.7. The fourth-order valence-electron chi connectivity index (χ4n) is 9.21. The van der Waals surface area contributed by atoms with Gasteiger partial charge in [0.15, 0.2) is 0 Å². The molecule has 0 bridgehead atoms. The highest BCUT2D eigenvalue weighted by molar-refractivity contribution is 7.47. The number of nitrogens with one attached hydrogen (secondary N) is 1. The number of allylic oxidation sites excluding steroid dienone is 11. The third-order valence-corrected chi connectivity index (χ3v) is 15.2. The second-order valence-electron chi connectivity index (χ2n) is 23.0. The van der Waals surface area contributed by atoms with Gasteiger partial charge in [0.05, 0.1) is 33.8 Å². The standard InChI is InChI=1S/C67H123N2O7P/c1-7-10-13-16-19-22-25-28-29-30-31-32-33-34-35-36-37-38-39-42-45-48-51-54-57-60-67(71)76-65(58-55-52-49-46-43-40-26-23-20-17-14-11-8-2)64(63-75-77(72,73)74-62-61-69(4,5)6)68-66(70)59-56-53-50-47-44-41-27-24-21-18-15-12-9-3/h12,15,18-19,21-22,24,27-29,55,58,64-65H,7-11,13-14,16-17,20,23,25-26,30-54,56-57,59-63H2,1-6H3,(H-,68,70,72,73)/p+1/b15-12+,21-18+,22-19-,27-24-,29-28-,58-55-. The van der Waals surface area contributed by atoms with Crippen molar-refractivity contribution in [2.24, 2.45) is 0 Å². The summed E-state index contributed by atoms with van der Waals surface area (Å²) in [4.78, 5) is 37.7. The molecule has 77 heavy (non-hydrogen) atoms. The number of phosphoric ester groups is 1. The van der Waals surface area contributed by atoms with Crippen LogP contribution in [0.4, 0.5) is 0 Å². The van der Waals surface area contributed by atoms with Crippen LogP contribution in [0.1, 0.15) is 290 Å². The summed E-state index contributed by atoms with van der Waals surface area (Å²) in [5.74, 6) is -0.524. The molecule has 9 nitrogen and oxygen atoms in total. The molecule has 0 aliphatic carbocycles. The average Bonchev–Trinajstić information content (AvgIpc) is 3.39. The quantitative estimate of drug-likeness (QED) is 0.0156. The number of hydrogen-bond acceptors (Lipinski definition) is 6. The number of phosphoric acid groups is 1. The minimum Gasteiger partial charge on any atom is -0.456 e. The van der Waals surface area contributed by atoms with Gasteiger partial charge in [-0.2, -0.15) is 0 Å². The zero-order valence-electron chi connectivity index (χ0n) is 51.2. The molecule has 0 aromatic heterocycles. The van der Waals surface area contributed by atoms with Crippen LogP contribution in [0.15, 0.2) is 72.9 Å².